The third kappa shape index (κ3) is 4.11. The molecule has 0 saturated heterocycles. The summed E-state index contributed by atoms with van der Waals surface area (Å²) in [6.07, 6.45) is 0. The minimum absolute atomic E-state index is 0.186. The maximum Gasteiger partial charge on any atom is 0.255 e. The predicted molar refractivity (Wildman–Crippen MR) is 122 cm³/mol. The molecule has 162 valence electrons. The number of fused-ring (bicyclic) bond motifs is 2. The van der Waals surface area contributed by atoms with E-state index in [2.05, 4.69) is 20.4 Å². The van der Waals surface area contributed by atoms with E-state index in [-0.39, 0.29) is 5.91 Å². The molecule has 5 rings (SSSR count). The number of aryl methyl sites for hydroxylation is 2. The van der Waals surface area contributed by atoms with Gasteiger partial charge in [0.15, 0.2) is 11.5 Å². The number of rotatable bonds is 5. The standard InChI is InChI=1S/C23H21N5O3S/c1-14-11-15(2)28-22(24-14)26-23(27-28)32-13-16-5-3-4-6-18(16)21(29)25-17-7-8-19-20(12-17)31-10-9-30-19/h3-8,11-12H,9-10,13H2,1-2H3,(H,25,29). The van der Waals surface area contributed by atoms with Crippen LogP contribution in [0.15, 0.2) is 53.7 Å². The van der Waals surface area contributed by atoms with E-state index in [0.717, 1.165) is 17.0 Å². The fraction of sp³-hybridized carbons (Fsp3) is 0.217. The maximum absolute atomic E-state index is 13.0. The van der Waals surface area contributed by atoms with E-state index < -0.39 is 0 Å². The second kappa shape index (κ2) is 8.51. The predicted octanol–water partition coefficient (Wildman–Crippen LogP) is 4.06. The van der Waals surface area contributed by atoms with Crippen molar-refractivity contribution in [3.8, 4) is 11.5 Å². The van der Waals surface area contributed by atoms with Crippen molar-refractivity contribution in [3.05, 3.63) is 71.0 Å². The molecule has 0 saturated carbocycles. The molecular formula is C23H21N5O3S. The van der Waals surface area contributed by atoms with Crippen molar-refractivity contribution in [2.24, 2.45) is 0 Å². The molecule has 0 radical (unpaired) electrons. The average Bonchev–Trinajstić information content (AvgIpc) is 3.21. The second-order valence-corrected chi connectivity index (χ2v) is 8.35. The van der Waals surface area contributed by atoms with Crippen LogP contribution in [0.3, 0.4) is 0 Å². The van der Waals surface area contributed by atoms with Gasteiger partial charge in [0.05, 0.1) is 0 Å². The molecule has 0 unspecified atom stereocenters. The Labute approximate surface area is 189 Å². The molecule has 0 aliphatic carbocycles. The van der Waals surface area contributed by atoms with Crippen LogP contribution in [0, 0.1) is 13.8 Å². The van der Waals surface area contributed by atoms with Crippen molar-refractivity contribution >= 4 is 29.1 Å². The highest BCUT2D eigenvalue weighted by Gasteiger charge is 2.16. The van der Waals surface area contributed by atoms with Crippen LogP contribution in [-0.2, 0) is 5.75 Å². The lowest BCUT2D eigenvalue weighted by molar-refractivity contribution is 0.102. The highest BCUT2D eigenvalue weighted by atomic mass is 32.2. The molecule has 8 nitrogen and oxygen atoms in total. The van der Waals surface area contributed by atoms with Gasteiger partial charge in [-0.2, -0.15) is 4.98 Å². The summed E-state index contributed by atoms with van der Waals surface area (Å²) in [6.45, 7) is 4.93. The molecule has 2 aromatic carbocycles. The SMILES string of the molecule is Cc1cc(C)n2nc(SCc3ccccc3C(=O)Nc3ccc4c(c3)OCCO4)nc2n1. The number of nitrogens with one attached hydrogen (secondary N) is 1. The van der Waals surface area contributed by atoms with Crippen LogP contribution >= 0.6 is 11.8 Å². The van der Waals surface area contributed by atoms with E-state index in [1.54, 1.807) is 22.7 Å². The van der Waals surface area contributed by atoms with Crippen molar-refractivity contribution < 1.29 is 14.3 Å². The Kier molecular flexibility index (Phi) is 5.40. The van der Waals surface area contributed by atoms with Gasteiger partial charge < -0.3 is 14.8 Å². The summed E-state index contributed by atoms with van der Waals surface area (Å²) in [5, 5.41) is 8.10. The minimum atomic E-state index is -0.186. The molecule has 0 fully saturated rings. The molecule has 0 bridgehead atoms. The Morgan fingerprint density at radius 2 is 1.88 bits per heavy atom. The average molecular weight is 448 g/mol. The first-order valence-electron chi connectivity index (χ1n) is 10.2. The summed E-state index contributed by atoms with van der Waals surface area (Å²) < 4.78 is 12.9. The first-order chi connectivity index (χ1) is 15.6. The highest BCUT2D eigenvalue weighted by molar-refractivity contribution is 7.98. The molecule has 0 atom stereocenters. The van der Waals surface area contributed by atoms with Gasteiger partial charge in [-0.15, -0.1) is 5.10 Å². The number of hydrogen-bond acceptors (Lipinski definition) is 7. The second-order valence-electron chi connectivity index (χ2n) is 7.40. The highest BCUT2D eigenvalue weighted by Crippen LogP contribution is 2.33. The molecule has 1 aliphatic heterocycles. The van der Waals surface area contributed by atoms with E-state index in [1.165, 1.54) is 11.8 Å². The Hall–Kier alpha value is -3.59. The van der Waals surface area contributed by atoms with Crippen LogP contribution in [0.5, 0.6) is 11.5 Å². The number of carbonyl (C=O) groups is 1. The Bertz CT molecular complexity index is 1320. The summed E-state index contributed by atoms with van der Waals surface area (Å²) in [6, 6.07) is 14.9. The zero-order valence-electron chi connectivity index (χ0n) is 17.7. The lowest BCUT2D eigenvalue weighted by atomic mass is 10.1. The zero-order chi connectivity index (χ0) is 22.1. The Morgan fingerprint density at radius 1 is 1.06 bits per heavy atom. The van der Waals surface area contributed by atoms with Crippen LogP contribution in [0.25, 0.3) is 5.78 Å². The van der Waals surface area contributed by atoms with E-state index in [0.29, 0.717) is 52.7 Å². The van der Waals surface area contributed by atoms with Crippen molar-refractivity contribution in [2.75, 3.05) is 18.5 Å². The van der Waals surface area contributed by atoms with Crippen molar-refractivity contribution in [3.63, 3.8) is 0 Å². The number of anilines is 1. The molecule has 2 aromatic heterocycles. The third-order valence-corrected chi connectivity index (χ3v) is 5.90. The maximum atomic E-state index is 13.0. The van der Waals surface area contributed by atoms with Gasteiger partial charge in [0.2, 0.25) is 5.16 Å². The summed E-state index contributed by atoms with van der Waals surface area (Å²) >= 11 is 1.47. The lowest BCUT2D eigenvalue weighted by Gasteiger charge is -2.19. The molecule has 9 heteroatoms. The Balaban J connectivity index is 1.32. The molecule has 1 N–H and O–H groups in total. The summed E-state index contributed by atoms with van der Waals surface area (Å²) in [4.78, 5) is 21.9. The molecule has 32 heavy (non-hydrogen) atoms. The van der Waals surface area contributed by atoms with Gasteiger partial charge in [-0.3, -0.25) is 4.79 Å². The number of carbonyl (C=O) groups excluding carboxylic acids is 1. The van der Waals surface area contributed by atoms with E-state index in [4.69, 9.17) is 9.47 Å². The number of aromatic nitrogens is 4. The largest absolute Gasteiger partial charge is 0.486 e. The number of benzene rings is 2. The fourth-order valence-corrected chi connectivity index (χ4v) is 4.36. The van der Waals surface area contributed by atoms with Gasteiger partial charge in [-0.25, -0.2) is 9.50 Å². The number of nitrogens with zero attached hydrogens (tertiary/aromatic N) is 4. The summed E-state index contributed by atoms with van der Waals surface area (Å²) in [5.74, 6) is 2.27. The molecule has 1 aliphatic rings. The fourth-order valence-electron chi connectivity index (χ4n) is 3.54. The first kappa shape index (κ1) is 20.3. The summed E-state index contributed by atoms with van der Waals surface area (Å²) in [7, 11) is 0. The van der Waals surface area contributed by atoms with Crippen LogP contribution in [-0.4, -0.2) is 38.7 Å². The van der Waals surface area contributed by atoms with E-state index in [9.17, 15) is 4.79 Å². The van der Waals surface area contributed by atoms with Gasteiger partial charge in [-0.1, -0.05) is 30.0 Å². The van der Waals surface area contributed by atoms with Crippen LogP contribution in [0.1, 0.15) is 27.3 Å². The van der Waals surface area contributed by atoms with E-state index >= 15 is 0 Å². The molecule has 0 spiro atoms. The van der Waals surface area contributed by atoms with Crippen molar-refractivity contribution in [1.29, 1.82) is 0 Å². The van der Waals surface area contributed by atoms with Gasteiger partial charge >= 0.3 is 0 Å². The third-order valence-electron chi connectivity index (χ3n) is 5.02. The van der Waals surface area contributed by atoms with Crippen LogP contribution in [0.2, 0.25) is 0 Å². The van der Waals surface area contributed by atoms with Crippen LogP contribution in [0.4, 0.5) is 5.69 Å². The van der Waals surface area contributed by atoms with Gasteiger partial charge in [0, 0.05) is 34.5 Å². The topological polar surface area (TPSA) is 90.6 Å². The minimum Gasteiger partial charge on any atom is -0.486 e. The van der Waals surface area contributed by atoms with E-state index in [1.807, 2.05) is 44.2 Å². The monoisotopic (exact) mass is 447 g/mol. The molecule has 4 aromatic rings. The van der Waals surface area contributed by atoms with Gasteiger partial charge in [-0.05, 0) is 43.7 Å². The van der Waals surface area contributed by atoms with Crippen LogP contribution < -0.4 is 14.8 Å². The lowest BCUT2D eigenvalue weighted by Crippen LogP contribution is -2.17. The molecule has 1 amide bonds. The smallest absolute Gasteiger partial charge is 0.255 e. The number of amides is 1. The number of hydrogen-bond donors (Lipinski definition) is 1. The van der Waals surface area contributed by atoms with Gasteiger partial charge in [0.1, 0.15) is 13.2 Å². The summed E-state index contributed by atoms with van der Waals surface area (Å²) in [5.41, 5.74) is 4.03. The first-order valence-corrected chi connectivity index (χ1v) is 11.2. The van der Waals surface area contributed by atoms with Gasteiger partial charge in [0.25, 0.3) is 11.7 Å². The van der Waals surface area contributed by atoms with Crippen molar-refractivity contribution in [2.45, 2.75) is 24.8 Å². The van der Waals surface area contributed by atoms with Crippen molar-refractivity contribution in [1.82, 2.24) is 19.6 Å². The number of thioether (sulfide) groups is 1. The quantitative estimate of drug-likeness (QED) is 0.462. The molecule has 3 heterocycles. The normalized spacial score (nSPS) is 12.7. The Morgan fingerprint density at radius 3 is 2.75 bits per heavy atom. The molecular weight excluding hydrogens is 426 g/mol. The number of ether oxygens (including phenoxy) is 2. The zero-order valence-corrected chi connectivity index (χ0v) is 18.5.